The van der Waals surface area contributed by atoms with Crippen molar-refractivity contribution in [3.8, 4) is 0 Å². The van der Waals surface area contributed by atoms with Gasteiger partial charge in [0.15, 0.2) is 5.96 Å². The van der Waals surface area contributed by atoms with Gasteiger partial charge in [-0.15, -0.1) is 0 Å². The number of hydrogen-bond acceptors (Lipinski definition) is 3. The van der Waals surface area contributed by atoms with Gasteiger partial charge in [0.2, 0.25) is 10.0 Å². The lowest BCUT2D eigenvalue weighted by Gasteiger charge is -2.31. The summed E-state index contributed by atoms with van der Waals surface area (Å²) in [4.78, 5) is 0. The zero-order chi connectivity index (χ0) is 11.5. The van der Waals surface area contributed by atoms with Crippen LogP contribution in [-0.4, -0.2) is 51.1 Å². The third-order valence-corrected chi connectivity index (χ3v) is 3.72. The average molecular weight is 234 g/mol. The Morgan fingerprint density at radius 2 is 2.20 bits per heavy atom. The van der Waals surface area contributed by atoms with Crippen molar-refractivity contribution in [2.24, 2.45) is 0 Å². The molecule has 0 aromatic rings. The molecule has 6 nitrogen and oxygen atoms in total. The molecule has 0 radical (unpaired) electrons. The molecule has 0 bridgehead atoms. The highest BCUT2D eigenvalue weighted by Crippen LogP contribution is 2.12. The van der Waals surface area contributed by atoms with Crippen molar-refractivity contribution in [2.45, 2.75) is 18.9 Å². The predicted molar refractivity (Wildman–Crippen MR) is 59.4 cm³/mol. The monoisotopic (exact) mass is 234 g/mol. The highest BCUT2D eigenvalue weighted by atomic mass is 32.2. The molecule has 0 spiro atoms. The first-order valence-corrected chi connectivity index (χ1v) is 6.76. The van der Waals surface area contributed by atoms with Gasteiger partial charge in [0, 0.05) is 26.2 Å². The summed E-state index contributed by atoms with van der Waals surface area (Å²) in [7, 11) is -1.44. The molecule has 1 rings (SSSR count). The molecule has 0 amide bonds. The van der Waals surface area contributed by atoms with Crippen LogP contribution in [0.15, 0.2) is 0 Å². The topological polar surface area (TPSA) is 85.3 Å². The van der Waals surface area contributed by atoms with Gasteiger partial charge in [-0.2, -0.15) is 0 Å². The molecule has 88 valence electrons. The van der Waals surface area contributed by atoms with Crippen molar-refractivity contribution in [2.75, 3.05) is 26.4 Å². The first-order chi connectivity index (χ1) is 6.93. The Hall–Kier alpha value is -0.820. The van der Waals surface area contributed by atoms with Gasteiger partial charge in [0.25, 0.3) is 0 Å². The Morgan fingerprint density at radius 1 is 1.53 bits per heavy atom. The zero-order valence-electron chi connectivity index (χ0n) is 9.08. The van der Waals surface area contributed by atoms with E-state index in [1.807, 2.05) is 0 Å². The molecule has 1 atom stereocenters. The Morgan fingerprint density at radius 3 is 2.73 bits per heavy atom. The molecule has 1 aliphatic rings. The van der Waals surface area contributed by atoms with E-state index in [9.17, 15) is 8.42 Å². The van der Waals surface area contributed by atoms with Gasteiger partial charge in [-0.1, -0.05) is 0 Å². The number of hydrogen-bond donors (Lipinski definition) is 3. The second kappa shape index (κ2) is 4.80. The first kappa shape index (κ1) is 12.3. The largest absolute Gasteiger partial charge is 0.360 e. The lowest BCUT2D eigenvalue weighted by molar-refractivity contribution is 0.302. The maximum absolute atomic E-state index is 11.3. The molecule has 0 saturated carbocycles. The first-order valence-electron chi connectivity index (χ1n) is 4.91. The lowest BCUT2D eigenvalue weighted by Crippen LogP contribution is -2.51. The SMILES string of the molecule is CNC(=N)N[C@H]1CCCN(S(C)(=O)=O)C1. The summed E-state index contributed by atoms with van der Waals surface area (Å²) in [6, 6.07) is 0.0356. The van der Waals surface area contributed by atoms with Crippen molar-refractivity contribution in [1.82, 2.24) is 14.9 Å². The Kier molecular flexibility index (Phi) is 3.92. The van der Waals surface area contributed by atoms with Crippen LogP contribution < -0.4 is 10.6 Å². The average Bonchev–Trinajstić information content (AvgIpc) is 2.17. The van der Waals surface area contributed by atoms with E-state index >= 15 is 0 Å². The summed E-state index contributed by atoms with van der Waals surface area (Å²) in [5.74, 6) is 0.232. The molecule has 1 aliphatic heterocycles. The fourth-order valence-corrected chi connectivity index (χ4v) is 2.55. The molecule has 0 aliphatic carbocycles. The van der Waals surface area contributed by atoms with Gasteiger partial charge in [-0.25, -0.2) is 12.7 Å². The molecule has 0 aromatic carbocycles. The summed E-state index contributed by atoms with van der Waals surface area (Å²) in [5, 5.41) is 13.0. The highest BCUT2D eigenvalue weighted by Gasteiger charge is 2.25. The number of sulfonamides is 1. The van der Waals surface area contributed by atoms with E-state index in [-0.39, 0.29) is 12.0 Å². The number of nitrogens with zero attached hydrogens (tertiary/aromatic N) is 1. The van der Waals surface area contributed by atoms with Crippen molar-refractivity contribution >= 4 is 16.0 Å². The molecular weight excluding hydrogens is 216 g/mol. The fraction of sp³-hybridized carbons (Fsp3) is 0.875. The van der Waals surface area contributed by atoms with Crippen molar-refractivity contribution in [1.29, 1.82) is 5.41 Å². The van der Waals surface area contributed by atoms with E-state index in [0.717, 1.165) is 12.8 Å². The number of guanidine groups is 1. The van der Waals surface area contributed by atoms with E-state index in [0.29, 0.717) is 13.1 Å². The van der Waals surface area contributed by atoms with Crippen LogP contribution in [0.5, 0.6) is 0 Å². The molecule has 3 N–H and O–H groups in total. The van der Waals surface area contributed by atoms with Crippen LogP contribution in [0.2, 0.25) is 0 Å². The smallest absolute Gasteiger partial charge is 0.211 e. The molecule has 0 aromatic heterocycles. The lowest BCUT2D eigenvalue weighted by atomic mass is 10.1. The van der Waals surface area contributed by atoms with Crippen LogP contribution in [0.3, 0.4) is 0 Å². The maximum atomic E-state index is 11.3. The Bertz CT molecular complexity index is 328. The van der Waals surface area contributed by atoms with Gasteiger partial charge in [-0.05, 0) is 12.8 Å². The normalized spacial score (nSPS) is 23.5. The molecule has 1 heterocycles. The second-order valence-corrected chi connectivity index (χ2v) is 5.71. The number of rotatable bonds is 2. The molecule has 7 heteroatoms. The number of nitrogens with one attached hydrogen (secondary N) is 3. The zero-order valence-corrected chi connectivity index (χ0v) is 9.89. The summed E-state index contributed by atoms with van der Waals surface area (Å²) >= 11 is 0. The van der Waals surface area contributed by atoms with Crippen LogP contribution in [0.1, 0.15) is 12.8 Å². The van der Waals surface area contributed by atoms with Gasteiger partial charge in [-0.3, -0.25) is 5.41 Å². The Labute approximate surface area is 90.6 Å². The minimum absolute atomic E-state index is 0.0356. The standard InChI is InChI=1S/C8H18N4O2S/c1-10-8(9)11-7-4-3-5-12(6-7)15(2,13)14/h7H,3-6H2,1-2H3,(H3,9,10,11)/t7-/m0/s1. The van der Waals surface area contributed by atoms with E-state index in [1.54, 1.807) is 7.05 Å². The van der Waals surface area contributed by atoms with E-state index in [1.165, 1.54) is 10.6 Å². The summed E-state index contributed by atoms with van der Waals surface area (Å²) in [6.07, 6.45) is 2.95. The quantitative estimate of drug-likeness (QED) is 0.429. The van der Waals surface area contributed by atoms with Gasteiger partial charge < -0.3 is 10.6 Å². The minimum Gasteiger partial charge on any atom is -0.360 e. The second-order valence-electron chi connectivity index (χ2n) is 3.73. The van der Waals surface area contributed by atoms with E-state index in [4.69, 9.17) is 5.41 Å². The third-order valence-electron chi connectivity index (χ3n) is 2.45. The predicted octanol–water partition coefficient (Wildman–Crippen LogP) is -0.846. The van der Waals surface area contributed by atoms with Crippen LogP contribution >= 0.6 is 0 Å². The van der Waals surface area contributed by atoms with Gasteiger partial charge in [0.1, 0.15) is 0 Å². The van der Waals surface area contributed by atoms with Crippen molar-refractivity contribution < 1.29 is 8.42 Å². The van der Waals surface area contributed by atoms with E-state index < -0.39 is 10.0 Å². The van der Waals surface area contributed by atoms with Gasteiger partial charge in [0.05, 0.1) is 6.26 Å². The maximum Gasteiger partial charge on any atom is 0.211 e. The summed E-state index contributed by atoms with van der Waals surface area (Å²) in [6.45, 7) is 1.03. The van der Waals surface area contributed by atoms with Crippen LogP contribution in [-0.2, 0) is 10.0 Å². The summed E-state index contributed by atoms with van der Waals surface area (Å²) < 4.78 is 24.1. The molecule has 1 fully saturated rings. The van der Waals surface area contributed by atoms with Crippen LogP contribution in [0, 0.1) is 5.41 Å². The minimum atomic E-state index is -3.10. The molecule has 0 unspecified atom stereocenters. The fourth-order valence-electron chi connectivity index (χ4n) is 1.64. The van der Waals surface area contributed by atoms with Crippen LogP contribution in [0.4, 0.5) is 0 Å². The van der Waals surface area contributed by atoms with Crippen molar-refractivity contribution in [3.05, 3.63) is 0 Å². The molecule has 15 heavy (non-hydrogen) atoms. The van der Waals surface area contributed by atoms with Gasteiger partial charge >= 0.3 is 0 Å². The third kappa shape index (κ3) is 3.67. The molecule has 1 saturated heterocycles. The van der Waals surface area contributed by atoms with Crippen LogP contribution in [0.25, 0.3) is 0 Å². The number of piperidine rings is 1. The van der Waals surface area contributed by atoms with E-state index in [2.05, 4.69) is 10.6 Å². The summed E-state index contributed by atoms with van der Waals surface area (Å²) in [5.41, 5.74) is 0. The highest BCUT2D eigenvalue weighted by molar-refractivity contribution is 7.88. The van der Waals surface area contributed by atoms with Crippen molar-refractivity contribution in [3.63, 3.8) is 0 Å². The Balaban J connectivity index is 2.53. The molecular formula is C8H18N4O2S.